The van der Waals surface area contributed by atoms with E-state index in [1.165, 1.54) is 41.4 Å². The predicted molar refractivity (Wildman–Crippen MR) is 118 cm³/mol. The molecule has 3 aromatic rings. The fourth-order valence-corrected chi connectivity index (χ4v) is 3.37. The van der Waals surface area contributed by atoms with Crippen LogP contribution in [0.25, 0.3) is 17.4 Å². The second-order valence-electron chi connectivity index (χ2n) is 6.91. The standard InChI is InChI=1S/C23H15ClN2O6/c1-12-17(21(27)26(25-12)15-5-2-13(3-6-15)22(28)29)11-16-7-9-20(32-16)14-4-8-19(24)18(10-14)23(30)31/h2-11H,1H3,(H,28,29)(H,30,31). The highest BCUT2D eigenvalue weighted by Crippen LogP contribution is 2.29. The number of rotatable bonds is 5. The maximum atomic E-state index is 12.9. The number of amides is 1. The second-order valence-corrected chi connectivity index (χ2v) is 7.32. The normalized spacial score (nSPS) is 14.7. The lowest BCUT2D eigenvalue weighted by atomic mass is 10.1. The van der Waals surface area contributed by atoms with E-state index >= 15 is 0 Å². The van der Waals surface area contributed by atoms with Crippen LogP contribution < -0.4 is 5.01 Å². The van der Waals surface area contributed by atoms with Gasteiger partial charge >= 0.3 is 11.9 Å². The lowest BCUT2D eigenvalue weighted by Crippen LogP contribution is -2.21. The number of aromatic carboxylic acids is 2. The summed E-state index contributed by atoms with van der Waals surface area (Å²) in [5.74, 6) is -1.80. The van der Waals surface area contributed by atoms with Crippen LogP contribution in [0.5, 0.6) is 0 Å². The van der Waals surface area contributed by atoms with Crippen LogP contribution in [0.15, 0.2) is 69.7 Å². The Balaban J connectivity index is 1.60. The molecular weight excluding hydrogens is 436 g/mol. The Bertz CT molecular complexity index is 1320. The van der Waals surface area contributed by atoms with Gasteiger partial charge in [-0.05, 0) is 67.6 Å². The minimum Gasteiger partial charge on any atom is -0.478 e. The molecule has 0 bridgehead atoms. The van der Waals surface area contributed by atoms with E-state index in [9.17, 15) is 19.5 Å². The first kappa shape index (κ1) is 21.1. The van der Waals surface area contributed by atoms with Crippen molar-refractivity contribution in [3.8, 4) is 11.3 Å². The largest absolute Gasteiger partial charge is 0.478 e. The molecule has 2 aromatic carbocycles. The number of carboxylic acid groups (broad SMARTS) is 2. The molecule has 1 amide bonds. The molecule has 160 valence electrons. The maximum Gasteiger partial charge on any atom is 0.337 e. The Labute approximate surface area is 186 Å². The SMILES string of the molecule is CC1=NN(c2ccc(C(=O)O)cc2)C(=O)C1=Cc1ccc(-c2ccc(Cl)c(C(=O)O)c2)o1. The van der Waals surface area contributed by atoms with Crippen molar-refractivity contribution in [3.63, 3.8) is 0 Å². The molecule has 0 unspecified atom stereocenters. The highest BCUT2D eigenvalue weighted by Gasteiger charge is 2.29. The van der Waals surface area contributed by atoms with Crippen molar-refractivity contribution < 1.29 is 29.0 Å². The molecule has 0 fully saturated rings. The number of furan rings is 1. The van der Waals surface area contributed by atoms with Gasteiger partial charge in [0.15, 0.2) is 0 Å². The molecule has 0 saturated carbocycles. The van der Waals surface area contributed by atoms with Gasteiger partial charge in [0.05, 0.1) is 33.1 Å². The zero-order valence-corrected chi connectivity index (χ0v) is 17.3. The van der Waals surface area contributed by atoms with Crippen LogP contribution in [-0.2, 0) is 4.79 Å². The minimum atomic E-state index is -1.15. The minimum absolute atomic E-state index is 0.0426. The summed E-state index contributed by atoms with van der Waals surface area (Å²) in [5.41, 5.74) is 1.81. The van der Waals surface area contributed by atoms with Gasteiger partial charge in [-0.15, -0.1) is 0 Å². The first-order valence-corrected chi connectivity index (χ1v) is 9.70. The van der Waals surface area contributed by atoms with Crippen LogP contribution in [0.1, 0.15) is 33.4 Å². The van der Waals surface area contributed by atoms with Crippen LogP contribution in [0.2, 0.25) is 5.02 Å². The molecule has 0 atom stereocenters. The number of carbonyl (C=O) groups is 3. The first-order chi connectivity index (χ1) is 15.2. The number of hydrazone groups is 1. The first-order valence-electron chi connectivity index (χ1n) is 9.33. The molecule has 9 heteroatoms. The van der Waals surface area contributed by atoms with Gasteiger partial charge < -0.3 is 14.6 Å². The molecule has 32 heavy (non-hydrogen) atoms. The van der Waals surface area contributed by atoms with E-state index in [0.717, 1.165) is 0 Å². The summed E-state index contributed by atoms with van der Waals surface area (Å²) in [4.78, 5) is 35.2. The molecule has 0 spiro atoms. The summed E-state index contributed by atoms with van der Waals surface area (Å²) in [5, 5.41) is 23.8. The zero-order chi connectivity index (χ0) is 23.0. The Morgan fingerprint density at radius 1 is 1.03 bits per heavy atom. The van der Waals surface area contributed by atoms with Gasteiger partial charge in [-0.2, -0.15) is 10.1 Å². The van der Waals surface area contributed by atoms with E-state index in [-0.39, 0.29) is 22.1 Å². The van der Waals surface area contributed by atoms with Crippen molar-refractivity contribution in [2.24, 2.45) is 5.10 Å². The molecule has 1 aromatic heterocycles. The number of anilines is 1. The fraction of sp³-hybridized carbons (Fsp3) is 0.0435. The smallest absolute Gasteiger partial charge is 0.337 e. The monoisotopic (exact) mass is 450 g/mol. The van der Waals surface area contributed by atoms with E-state index in [1.807, 2.05) is 0 Å². The number of nitrogens with zero attached hydrogens (tertiary/aromatic N) is 2. The summed E-state index contributed by atoms with van der Waals surface area (Å²) in [6.07, 6.45) is 1.55. The lowest BCUT2D eigenvalue weighted by molar-refractivity contribution is -0.114. The van der Waals surface area contributed by atoms with Crippen LogP contribution in [0, 0.1) is 0 Å². The van der Waals surface area contributed by atoms with Crippen molar-refractivity contribution in [1.29, 1.82) is 0 Å². The summed E-state index contributed by atoms with van der Waals surface area (Å²) < 4.78 is 5.78. The third-order valence-corrected chi connectivity index (χ3v) is 5.15. The molecule has 0 radical (unpaired) electrons. The Kier molecular flexibility index (Phi) is 5.38. The van der Waals surface area contributed by atoms with Crippen molar-refractivity contribution in [1.82, 2.24) is 0 Å². The second kappa shape index (κ2) is 8.16. The van der Waals surface area contributed by atoms with E-state index < -0.39 is 11.9 Å². The average molecular weight is 451 g/mol. The van der Waals surface area contributed by atoms with Gasteiger partial charge in [0.25, 0.3) is 5.91 Å². The molecule has 0 saturated heterocycles. The highest BCUT2D eigenvalue weighted by atomic mass is 35.5. The van der Waals surface area contributed by atoms with Gasteiger partial charge in [0, 0.05) is 5.56 Å². The summed E-state index contributed by atoms with van der Waals surface area (Å²) in [6, 6.07) is 13.7. The molecule has 1 aliphatic rings. The molecule has 8 nitrogen and oxygen atoms in total. The van der Waals surface area contributed by atoms with Gasteiger partial charge in [0.1, 0.15) is 11.5 Å². The van der Waals surface area contributed by atoms with Crippen LogP contribution in [-0.4, -0.2) is 33.8 Å². The number of halogens is 1. The van der Waals surface area contributed by atoms with Crippen LogP contribution in [0.3, 0.4) is 0 Å². The quantitative estimate of drug-likeness (QED) is 0.538. The lowest BCUT2D eigenvalue weighted by Gasteiger charge is -2.11. The molecule has 1 aliphatic heterocycles. The Hall–Kier alpha value is -4.17. The van der Waals surface area contributed by atoms with E-state index in [4.69, 9.17) is 21.1 Å². The van der Waals surface area contributed by atoms with Crippen LogP contribution >= 0.6 is 11.6 Å². The average Bonchev–Trinajstić information content (AvgIpc) is 3.34. The third kappa shape index (κ3) is 3.91. The Morgan fingerprint density at radius 3 is 2.41 bits per heavy atom. The van der Waals surface area contributed by atoms with Crippen molar-refractivity contribution in [2.45, 2.75) is 6.92 Å². The number of carbonyl (C=O) groups excluding carboxylic acids is 1. The van der Waals surface area contributed by atoms with Gasteiger partial charge in [-0.25, -0.2) is 9.59 Å². The van der Waals surface area contributed by atoms with Gasteiger partial charge in [-0.1, -0.05) is 11.6 Å². The Morgan fingerprint density at radius 2 is 1.75 bits per heavy atom. The van der Waals surface area contributed by atoms with Crippen molar-refractivity contribution >= 4 is 46.9 Å². The zero-order valence-electron chi connectivity index (χ0n) is 16.6. The summed E-state index contributed by atoms with van der Waals surface area (Å²) in [7, 11) is 0. The summed E-state index contributed by atoms with van der Waals surface area (Å²) in [6.45, 7) is 1.68. The molecule has 0 aliphatic carbocycles. The third-order valence-electron chi connectivity index (χ3n) is 4.82. The van der Waals surface area contributed by atoms with Crippen molar-refractivity contribution in [2.75, 3.05) is 5.01 Å². The van der Waals surface area contributed by atoms with E-state index in [0.29, 0.717) is 34.1 Å². The highest BCUT2D eigenvalue weighted by molar-refractivity contribution is 6.33. The molecular formula is C23H15ClN2O6. The van der Waals surface area contributed by atoms with Crippen LogP contribution in [0.4, 0.5) is 5.69 Å². The predicted octanol–water partition coefficient (Wildman–Crippen LogP) is 4.80. The molecule has 2 N–H and O–H groups in total. The topological polar surface area (TPSA) is 120 Å². The number of hydrogen-bond acceptors (Lipinski definition) is 5. The van der Waals surface area contributed by atoms with Crippen molar-refractivity contribution in [3.05, 3.63) is 82.1 Å². The number of benzene rings is 2. The number of carboxylic acids is 2. The van der Waals surface area contributed by atoms with E-state index in [1.54, 1.807) is 31.2 Å². The van der Waals surface area contributed by atoms with E-state index in [2.05, 4.69) is 5.10 Å². The fourth-order valence-electron chi connectivity index (χ4n) is 3.17. The summed E-state index contributed by atoms with van der Waals surface area (Å²) >= 11 is 5.91. The van der Waals surface area contributed by atoms with Gasteiger partial charge in [-0.3, -0.25) is 4.79 Å². The molecule has 2 heterocycles. The number of hydrogen-bond donors (Lipinski definition) is 2. The maximum absolute atomic E-state index is 12.9. The molecule has 4 rings (SSSR count). The van der Waals surface area contributed by atoms with Gasteiger partial charge in [0.2, 0.25) is 0 Å².